The number of ether oxygens (including phenoxy) is 10. The number of H-pyrrole nitrogens is 1. The van der Waals surface area contributed by atoms with Gasteiger partial charge in [0.15, 0.2) is 38.4 Å². The number of carbonyl (C=O) groups excluding carboxylic acids is 4. The number of aromatic amines is 1. The van der Waals surface area contributed by atoms with E-state index in [0.29, 0.717) is 154 Å². The van der Waals surface area contributed by atoms with E-state index in [-0.39, 0.29) is 49.8 Å². The highest BCUT2D eigenvalue weighted by Crippen LogP contribution is 2.54. The van der Waals surface area contributed by atoms with Crippen LogP contribution in [0.15, 0.2) is 206 Å². The molecule has 9 aliphatic heterocycles. The summed E-state index contributed by atoms with van der Waals surface area (Å²) < 4.78 is 91.1. The second kappa shape index (κ2) is 36.4. The number of aliphatic hydroxyl groups is 2. The Hall–Kier alpha value is -13.7. The predicted molar refractivity (Wildman–Crippen MR) is 502 cm³/mol. The predicted octanol–water partition coefficient (Wildman–Crippen LogP) is 14.5. The molecule has 2 atom stereocenters. The molecule has 0 unspecified atom stereocenters. The molecule has 0 saturated carbocycles. The van der Waals surface area contributed by atoms with Crippen LogP contribution in [0, 0.1) is 6.92 Å². The maximum atomic E-state index is 13.4. The van der Waals surface area contributed by atoms with Crippen LogP contribution in [0.25, 0.3) is 50.5 Å². The topological polar surface area (TPSA) is 335 Å². The quantitative estimate of drug-likeness (QED) is 0.0910. The van der Waals surface area contributed by atoms with Gasteiger partial charge in [0.2, 0.25) is 0 Å². The zero-order valence-electron chi connectivity index (χ0n) is 75.6. The summed E-state index contributed by atoms with van der Waals surface area (Å²) >= 11 is 6.23. The Morgan fingerprint density at radius 2 is 0.993 bits per heavy atom. The molecule has 134 heavy (non-hydrogen) atoms. The molecule has 698 valence electrons. The summed E-state index contributed by atoms with van der Waals surface area (Å²) in [4.78, 5) is 68.6. The van der Waals surface area contributed by atoms with Gasteiger partial charge in [-0.15, -0.1) is 0 Å². The molecule has 0 radical (unpaired) electrons. The highest BCUT2D eigenvalue weighted by molar-refractivity contribution is 7.90. The third-order valence-corrected chi connectivity index (χ3v) is 28.5. The number of para-hydroxylation sites is 4. The molecular formula is C101H108ClN13O18S. The van der Waals surface area contributed by atoms with E-state index in [1.165, 1.54) is 32.4 Å². The first-order valence-corrected chi connectivity index (χ1v) is 47.2. The van der Waals surface area contributed by atoms with Crippen LogP contribution in [0.1, 0.15) is 130 Å². The van der Waals surface area contributed by atoms with E-state index in [1.807, 2.05) is 197 Å². The first-order chi connectivity index (χ1) is 64.8. The van der Waals surface area contributed by atoms with Crippen molar-refractivity contribution in [3.05, 3.63) is 256 Å². The number of benzene rings is 8. The number of hydrogen-bond acceptors (Lipinski definition) is 22. The second-order valence-electron chi connectivity index (χ2n) is 35.1. The molecule has 4 spiro atoms. The van der Waals surface area contributed by atoms with Crippen LogP contribution in [0.4, 0.5) is 0 Å². The molecule has 9 aliphatic rings. The molecule has 5 aromatic heterocycles. The van der Waals surface area contributed by atoms with Gasteiger partial charge in [0, 0.05) is 202 Å². The Morgan fingerprint density at radius 1 is 0.522 bits per heavy atom. The standard InChI is InChI=1S/C27H29N3O5.C26H27ClN2O6.C24H23N5O2.C24H25N3O5S.2H2/c1-29-25-20-5-3-4-6-22(20)35-27(21(25)16-28-29)10-12-30(13-11-27)26(31)18-7-8-23(24(15-18)32-2)34-19-9-14-33-17-19;1-33-23-13-17(4-7-21(23)34-16-19(31)15-30)25(32)28-11-8-26(9-12-28)24-3-2-10-29(24)20-6-5-18(27)14-22(20)35-26;1-15-26-19-8-5-7-17(21(19)27-15)23(30)29-12-10-24(11-13-29)18-14-25-28(2)22(18)16-6-3-4-9-20(16)31-24;1-26-22-17-6-4-5-7-20(17)32-24(19(22)15-25-26)10-12-27(13-11-24)23(28)18-9-8-16(33(3,29)30)14-21(18)31-2;;/h3-8,15-16,19H,9-14,17H2,1-2H3;2-7,10,13-14,19,30-31H,8-9,11-12,15-16H2,1H3;3-9,14H,10-13H2,1-2H3,(H,26,27);4-9,14-15H,10-13H2,1-3H3;2*1H/t2*19-;;;;/m01..../s1. The highest BCUT2D eigenvalue weighted by atomic mass is 35.5. The van der Waals surface area contributed by atoms with Crippen LogP contribution in [-0.2, 0) is 58.1 Å². The minimum atomic E-state index is -3.40. The first-order valence-electron chi connectivity index (χ1n) is 44.9. The molecule has 8 aromatic carbocycles. The molecule has 22 rings (SSSR count). The Labute approximate surface area is 782 Å². The molecule has 14 heterocycles. The van der Waals surface area contributed by atoms with Gasteiger partial charge in [0.1, 0.15) is 75.7 Å². The number of sulfone groups is 1. The van der Waals surface area contributed by atoms with Crippen molar-refractivity contribution >= 4 is 56.1 Å². The van der Waals surface area contributed by atoms with Crippen molar-refractivity contribution in [1.82, 2.24) is 63.5 Å². The smallest absolute Gasteiger partial charge is 0.257 e. The number of amides is 4. The van der Waals surface area contributed by atoms with Crippen molar-refractivity contribution in [2.75, 3.05) is 106 Å². The van der Waals surface area contributed by atoms with Gasteiger partial charge in [-0.1, -0.05) is 54.1 Å². The average molecular weight is 1860 g/mol. The van der Waals surface area contributed by atoms with Gasteiger partial charge in [-0.05, 0) is 134 Å². The lowest BCUT2D eigenvalue weighted by Crippen LogP contribution is -2.50. The summed E-state index contributed by atoms with van der Waals surface area (Å²) in [7, 11) is 6.98. The molecular weight excluding hydrogens is 1750 g/mol. The first kappa shape index (κ1) is 89.6. The van der Waals surface area contributed by atoms with E-state index >= 15 is 0 Å². The number of methoxy groups -OCH3 is 3. The van der Waals surface area contributed by atoms with Crippen molar-refractivity contribution in [2.45, 2.75) is 104 Å². The van der Waals surface area contributed by atoms with E-state index in [4.69, 9.17) is 64.1 Å². The number of nitrogens with one attached hydrogen (secondary N) is 1. The van der Waals surface area contributed by atoms with E-state index in [1.54, 1.807) is 36.3 Å². The monoisotopic (exact) mass is 1860 g/mol. The fourth-order valence-corrected chi connectivity index (χ4v) is 20.8. The number of carbonyl (C=O) groups is 4. The fourth-order valence-electron chi connectivity index (χ4n) is 20.0. The van der Waals surface area contributed by atoms with Crippen molar-refractivity contribution in [3.63, 3.8) is 0 Å². The normalized spacial score (nSPS) is 17.6. The Kier molecular flexibility index (Phi) is 24.3. The number of piperidine rings is 4. The fraction of sp³-hybridized carbons (Fsp3) is 0.347. The number of likely N-dealkylation sites (tertiary alicyclic amines) is 4. The third-order valence-electron chi connectivity index (χ3n) is 27.1. The molecule has 5 fully saturated rings. The van der Waals surface area contributed by atoms with Gasteiger partial charge < -0.3 is 86.7 Å². The summed E-state index contributed by atoms with van der Waals surface area (Å²) in [5.41, 5.74) is 13.4. The van der Waals surface area contributed by atoms with Gasteiger partial charge in [-0.25, -0.2) is 13.4 Å². The van der Waals surface area contributed by atoms with Crippen LogP contribution in [-0.4, -0.2) is 224 Å². The van der Waals surface area contributed by atoms with E-state index in [9.17, 15) is 32.7 Å². The molecule has 13 aromatic rings. The van der Waals surface area contributed by atoms with Crippen LogP contribution < -0.4 is 42.6 Å². The molecule has 5 saturated heterocycles. The summed E-state index contributed by atoms with van der Waals surface area (Å²) in [6, 6.07) is 54.3. The molecule has 0 bridgehead atoms. The number of fused-ring (bicyclic) bond motifs is 17. The minimum Gasteiger partial charge on any atom is -0.496 e. The Morgan fingerprint density at radius 3 is 1.48 bits per heavy atom. The maximum absolute atomic E-state index is 13.4. The SMILES string of the molecule is COc1cc(C(=O)N2CCC3(CC2)Oc2cc(Cl)ccc2-n2cccc23)ccc1OC[C@H](O)CO.COc1cc(C(=O)N2CCC3(CC2)Oc2ccccc2-c2c3cnn2C)ccc1O[C@H]1CCOC1.COc1cc(S(C)(=O)=O)ccc1C(=O)N1CCC2(CC1)Oc1ccccc1-c1c2cnn1C.Cc1nc2c(C(=O)N3CCC4(CC3)Oc3ccccc3-c3c4cnn3C)cccc2[nH]1.[HH].[HH]. The highest BCUT2D eigenvalue weighted by Gasteiger charge is 2.51. The van der Waals surface area contributed by atoms with E-state index in [0.717, 1.165) is 127 Å². The zero-order valence-corrected chi connectivity index (χ0v) is 77.2. The summed E-state index contributed by atoms with van der Waals surface area (Å²) in [5.74, 6) is 6.07. The van der Waals surface area contributed by atoms with Gasteiger partial charge >= 0.3 is 0 Å². The van der Waals surface area contributed by atoms with Gasteiger partial charge in [-0.3, -0.25) is 33.2 Å². The van der Waals surface area contributed by atoms with Crippen LogP contribution >= 0.6 is 11.6 Å². The van der Waals surface area contributed by atoms with Crippen LogP contribution in [0.2, 0.25) is 5.02 Å². The lowest BCUT2D eigenvalue weighted by Gasteiger charge is -2.45. The molecule has 3 N–H and O–H groups in total. The van der Waals surface area contributed by atoms with Crippen molar-refractivity contribution in [1.29, 1.82) is 0 Å². The minimum absolute atomic E-state index is 0. The number of imidazole rings is 1. The molecule has 33 heteroatoms. The lowest BCUT2D eigenvalue weighted by molar-refractivity contribution is -0.00940. The Bertz CT molecular complexity index is 6790. The number of aryl methyl sites for hydroxylation is 4. The zero-order chi connectivity index (χ0) is 93.1. The number of hydrogen-bond donors (Lipinski definition) is 3. The van der Waals surface area contributed by atoms with Gasteiger partial charge in [0.25, 0.3) is 23.6 Å². The maximum Gasteiger partial charge on any atom is 0.257 e. The summed E-state index contributed by atoms with van der Waals surface area (Å²) in [6.07, 6.45) is 14.1. The van der Waals surface area contributed by atoms with E-state index in [2.05, 4.69) is 48.0 Å². The summed E-state index contributed by atoms with van der Waals surface area (Å²) in [6.45, 7) is 7.18. The lowest BCUT2D eigenvalue weighted by atomic mass is 9.81. The van der Waals surface area contributed by atoms with Crippen LogP contribution in [0.5, 0.6) is 51.7 Å². The van der Waals surface area contributed by atoms with Gasteiger partial charge in [-0.2, -0.15) is 15.3 Å². The summed E-state index contributed by atoms with van der Waals surface area (Å²) in [5, 5.41) is 32.7. The number of aliphatic hydroxyl groups excluding tert-OH is 2. The van der Waals surface area contributed by atoms with Crippen LogP contribution in [0.3, 0.4) is 0 Å². The second-order valence-corrected chi connectivity index (χ2v) is 37.6. The van der Waals surface area contributed by atoms with Crippen molar-refractivity contribution < 1.29 is 88.0 Å². The molecule has 0 aliphatic carbocycles. The van der Waals surface area contributed by atoms with E-state index < -0.39 is 45.0 Å². The van der Waals surface area contributed by atoms with Crippen molar-refractivity contribution in [3.8, 4) is 91.2 Å². The van der Waals surface area contributed by atoms with Gasteiger partial charge in [0.05, 0.1) is 110 Å². The molecule has 31 nitrogen and oxygen atoms in total. The third kappa shape index (κ3) is 16.7. The average Bonchev–Trinajstić information content (AvgIpc) is 1.53. The van der Waals surface area contributed by atoms with Crippen molar-refractivity contribution in [2.24, 2.45) is 21.1 Å². The number of rotatable bonds is 14. The largest absolute Gasteiger partial charge is 0.496 e. The number of aromatic nitrogens is 9. The number of halogens is 1. The molecule has 4 amide bonds. The number of nitrogens with zero attached hydrogens (tertiary/aromatic N) is 12. The Balaban J connectivity index is 0.000000125.